The minimum absolute atomic E-state index is 0. The zero-order valence-corrected chi connectivity index (χ0v) is 19.8. The van der Waals surface area contributed by atoms with Crippen LogP contribution in [0.1, 0.15) is 63.9 Å². The van der Waals surface area contributed by atoms with Crippen molar-refractivity contribution in [1.29, 1.82) is 0 Å². The molecule has 28 heavy (non-hydrogen) atoms. The van der Waals surface area contributed by atoms with E-state index >= 15 is 0 Å². The second kappa shape index (κ2) is 13.4. The van der Waals surface area contributed by atoms with Gasteiger partial charge in [0.2, 0.25) is 0 Å². The van der Waals surface area contributed by atoms with Crippen LogP contribution in [0.5, 0.6) is 11.5 Å². The van der Waals surface area contributed by atoms with Crippen LogP contribution < -0.4 is 34.3 Å². The van der Waals surface area contributed by atoms with E-state index in [4.69, 9.17) is 4.74 Å². The number of benzene rings is 2. The van der Waals surface area contributed by atoms with Gasteiger partial charge in [-0.1, -0.05) is 70.1 Å². The van der Waals surface area contributed by atoms with Crippen molar-refractivity contribution in [2.45, 2.75) is 69.6 Å². The zero-order valence-electron chi connectivity index (χ0n) is 17.0. The van der Waals surface area contributed by atoms with Crippen molar-refractivity contribution in [3.8, 4) is 11.5 Å². The summed E-state index contributed by atoms with van der Waals surface area (Å²) < 4.78 is 40.2. The molecule has 0 atom stereocenters. The van der Waals surface area contributed by atoms with Crippen molar-refractivity contribution >= 4 is 10.1 Å². The van der Waals surface area contributed by atoms with Crippen LogP contribution in [-0.2, 0) is 16.5 Å². The molecule has 0 aliphatic heterocycles. The van der Waals surface area contributed by atoms with Gasteiger partial charge in [-0.05, 0) is 48.7 Å². The molecule has 2 rings (SSSR count). The molecule has 0 amide bonds. The molecule has 0 N–H and O–H groups in total. The van der Waals surface area contributed by atoms with Crippen molar-refractivity contribution in [2.75, 3.05) is 0 Å². The Morgan fingerprint density at radius 2 is 1.43 bits per heavy atom. The molecule has 2 aromatic carbocycles. The molecule has 0 saturated heterocycles. The van der Waals surface area contributed by atoms with Gasteiger partial charge in [-0.25, -0.2) is 8.42 Å². The van der Waals surface area contributed by atoms with Gasteiger partial charge in [0.1, 0.15) is 21.6 Å². The molecule has 4 nitrogen and oxygen atoms in total. The standard InChI is InChI=1S/C22H30O4S.Na/c1-2-3-4-5-6-7-8-10-13-19-16-21(18-22(17-19)27(23,24)25)26-20-14-11-9-12-15-20;/h9,11-12,14-18H,2-8,10,13H2,1H3,(H,23,24,25);/q;+1/p-1. The molecule has 2 aromatic rings. The first-order valence-electron chi connectivity index (χ1n) is 9.82. The van der Waals surface area contributed by atoms with Gasteiger partial charge < -0.3 is 9.29 Å². The summed E-state index contributed by atoms with van der Waals surface area (Å²) in [6.07, 6.45) is 10.4. The van der Waals surface area contributed by atoms with Gasteiger partial charge in [0, 0.05) is 0 Å². The van der Waals surface area contributed by atoms with E-state index in [9.17, 15) is 13.0 Å². The minimum Gasteiger partial charge on any atom is -0.744 e. The van der Waals surface area contributed by atoms with E-state index in [1.165, 1.54) is 50.7 Å². The number of rotatable bonds is 12. The predicted octanol–water partition coefficient (Wildman–Crippen LogP) is 3.07. The van der Waals surface area contributed by atoms with Crippen molar-refractivity contribution in [1.82, 2.24) is 0 Å². The predicted molar refractivity (Wildman–Crippen MR) is 107 cm³/mol. The fraction of sp³-hybridized carbons (Fsp3) is 0.455. The van der Waals surface area contributed by atoms with E-state index in [1.54, 1.807) is 12.1 Å². The molecule has 0 spiro atoms. The largest absolute Gasteiger partial charge is 1.00 e. The normalized spacial score (nSPS) is 11.1. The number of para-hydroxylation sites is 1. The van der Waals surface area contributed by atoms with E-state index in [0.717, 1.165) is 24.8 Å². The number of aryl methyl sites for hydroxylation is 1. The van der Waals surface area contributed by atoms with E-state index < -0.39 is 10.1 Å². The number of hydrogen-bond donors (Lipinski definition) is 0. The monoisotopic (exact) mass is 412 g/mol. The summed E-state index contributed by atoms with van der Waals surface area (Å²) in [5.41, 5.74) is 0.823. The van der Waals surface area contributed by atoms with E-state index in [1.807, 2.05) is 24.3 Å². The van der Waals surface area contributed by atoms with Crippen LogP contribution in [0, 0.1) is 0 Å². The Labute approximate surface area is 191 Å². The summed E-state index contributed by atoms with van der Waals surface area (Å²) in [5, 5.41) is 0. The summed E-state index contributed by atoms with van der Waals surface area (Å²) in [5.74, 6) is 0.990. The van der Waals surface area contributed by atoms with Crippen LogP contribution in [-0.4, -0.2) is 13.0 Å². The topological polar surface area (TPSA) is 66.4 Å². The van der Waals surface area contributed by atoms with Gasteiger partial charge in [0.05, 0.1) is 4.90 Å². The molecule has 148 valence electrons. The second-order valence-corrected chi connectivity index (χ2v) is 8.29. The Kier molecular flexibility index (Phi) is 12.0. The van der Waals surface area contributed by atoms with E-state index in [-0.39, 0.29) is 34.5 Å². The number of ether oxygens (including phenoxy) is 1. The number of hydrogen-bond acceptors (Lipinski definition) is 4. The smallest absolute Gasteiger partial charge is 0.744 e. The summed E-state index contributed by atoms with van der Waals surface area (Å²) in [4.78, 5) is -0.231. The molecular weight excluding hydrogens is 383 g/mol. The minimum atomic E-state index is -4.52. The molecule has 6 heteroatoms. The van der Waals surface area contributed by atoms with Crippen molar-refractivity contribution in [3.63, 3.8) is 0 Å². The van der Waals surface area contributed by atoms with Crippen LogP contribution in [0.2, 0.25) is 0 Å². The third-order valence-corrected chi connectivity index (χ3v) is 5.34. The van der Waals surface area contributed by atoms with E-state index in [0.29, 0.717) is 11.5 Å². The van der Waals surface area contributed by atoms with E-state index in [2.05, 4.69) is 6.92 Å². The van der Waals surface area contributed by atoms with Crippen LogP contribution >= 0.6 is 0 Å². The maximum absolute atomic E-state index is 11.5. The molecular formula is C22H29NaO4S. The zero-order chi connectivity index (χ0) is 19.5. The second-order valence-electron chi connectivity index (χ2n) is 6.91. The number of unbranched alkanes of at least 4 members (excludes halogenated alkanes) is 7. The Bertz CT molecular complexity index is 791. The van der Waals surface area contributed by atoms with Crippen LogP contribution in [0.3, 0.4) is 0 Å². The summed E-state index contributed by atoms with van der Waals surface area (Å²) in [6, 6.07) is 13.7. The first kappa shape index (κ1) is 25.2. The summed E-state index contributed by atoms with van der Waals surface area (Å²) in [7, 11) is -4.52. The molecule has 0 radical (unpaired) electrons. The van der Waals surface area contributed by atoms with Crippen molar-refractivity contribution in [2.24, 2.45) is 0 Å². The molecule has 0 heterocycles. The molecule has 0 unspecified atom stereocenters. The maximum Gasteiger partial charge on any atom is 1.00 e. The quantitative estimate of drug-likeness (QED) is 0.305. The van der Waals surface area contributed by atoms with Gasteiger partial charge in [0.15, 0.2) is 0 Å². The summed E-state index contributed by atoms with van der Waals surface area (Å²) >= 11 is 0. The third-order valence-electron chi connectivity index (χ3n) is 4.53. The average Bonchev–Trinajstić information content (AvgIpc) is 2.64. The van der Waals surface area contributed by atoms with Gasteiger partial charge in [-0.15, -0.1) is 0 Å². The van der Waals surface area contributed by atoms with Crippen molar-refractivity contribution < 1.29 is 47.3 Å². The van der Waals surface area contributed by atoms with Crippen LogP contribution in [0.4, 0.5) is 0 Å². The SMILES string of the molecule is CCCCCCCCCCc1cc(Oc2ccccc2)cc(S(=O)(=O)[O-])c1.[Na+]. The Morgan fingerprint density at radius 3 is 2.04 bits per heavy atom. The molecule has 0 saturated carbocycles. The van der Waals surface area contributed by atoms with Crippen molar-refractivity contribution in [3.05, 3.63) is 54.1 Å². The molecule has 0 aromatic heterocycles. The average molecular weight is 413 g/mol. The Hall–Kier alpha value is -0.850. The van der Waals surface area contributed by atoms with Crippen LogP contribution in [0.15, 0.2) is 53.4 Å². The van der Waals surface area contributed by atoms with Crippen LogP contribution in [0.25, 0.3) is 0 Å². The first-order chi connectivity index (χ1) is 13.0. The van der Waals surface area contributed by atoms with Gasteiger partial charge in [-0.3, -0.25) is 0 Å². The first-order valence-corrected chi connectivity index (χ1v) is 11.2. The summed E-state index contributed by atoms with van der Waals surface area (Å²) in [6.45, 7) is 2.21. The Balaban J connectivity index is 0.00000392. The third kappa shape index (κ3) is 9.57. The molecule has 0 aliphatic rings. The maximum atomic E-state index is 11.5. The Morgan fingerprint density at radius 1 is 0.821 bits per heavy atom. The van der Waals surface area contributed by atoms with Gasteiger partial charge in [0.25, 0.3) is 0 Å². The molecule has 0 fully saturated rings. The van der Waals surface area contributed by atoms with Gasteiger partial charge in [-0.2, -0.15) is 0 Å². The fourth-order valence-corrected chi connectivity index (χ4v) is 3.62. The molecule has 0 bridgehead atoms. The van der Waals surface area contributed by atoms with Gasteiger partial charge >= 0.3 is 29.6 Å². The fourth-order valence-electron chi connectivity index (χ4n) is 3.07. The molecule has 0 aliphatic carbocycles.